The minimum Gasteiger partial charge on any atom is -0.364 e. The summed E-state index contributed by atoms with van der Waals surface area (Å²) in [5.41, 5.74) is 15.6. The van der Waals surface area contributed by atoms with Crippen molar-refractivity contribution in [3.63, 3.8) is 0 Å². The van der Waals surface area contributed by atoms with Crippen LogP contribution in [0.15, 0.2) is 60.8 Å². The maximum Gasteiger partial charge on any atom is 0.269 e. The predicted octanol–water partition coefficient (Wildman–Crippen LogP) is 2.63. The van der Waals surface area contributed by atoms with E-state index in [9.17, 15) is 4.79 Å². The molecule has 1 aliphatic heterocycles. The Morgan fingerprint density at radius 3 is 2.59 bits per heavy atom. The van der Waals surface area contributed by atoms with Gasteiger partial charge in [-0.05, 0) is 43.1 Å². The molecule has 1 aromatic heterocycles. The Morgan fingerprint density at radius 2 is 1.88 bits per heavy atom. The normalized spacial score (nSPS) is 15.0. The minimum atomic E-state index is -0.620. The highest BCUT2D eigenvalue weighted by atomic mass is 16.1. The van der Waals surface area contributed by atoms with Crippen LogP contribution in [0.3, 0.4) is 0 Å². The lowest BCUT2D eigenvalue weighted by Gasteiger charge is -2.25. The topological polar surface area (TPSA) is 110 Å². The zero-order chi connectivity index (χ0) is 22.3. The van der Waals surface area contributed by atoms with Crippen LogP contribution in [-0.2, 0) is 13.1 Å². The van der Waals surface area contributed by atoms with Crippen molar-refractivity contribution in [1.82, 2.24) is 20.2 Å². The van der Waals surface area contributed by atoms with Gasteiger partial charge in [-0.25, -0.2) is 4.98 Å². The molecule has 4 rings (SSSR count). The number of aromatic nitrogens is 2. The number of amides is 1. The molecule has 1 unspecified atom stereocenters. The molecule has 1 atom stereocenters. The van der Waals surface area contributed by atoms with Gasteiger partial charge in [-0.3, -0.25) is 9.78 Å². The van der Waals surface area contributed by atoms with E-state index in [0.29, 0.717) is 11.4 Å². The molecule has 0 spiro atoms. The molecule has 7 nitrogen and oxygen atoms in total. The average molecular weight is 431 g/mol. The average Bonchev–Trinajstić information content (AvgIpc) is 3.35. The number of nitrogens with one attached hydrogen (secondary N) is 1. The molecule has 1 fully saturated rings. The number of nitrogens with zero attached hydrogens (tertiary/aromatic N) is 3. The van der Waals surface area contributed by atoms with E-state index >= 15 is 0 Å². The molecule has 3 aromatic rings. The number of likely N-dealkylation sites (tertiary alicyclic amines) is 1. The highest BCUT2D eigenvalue weighted by Crippen LogP contribution is 2.21. The van der Waals surface area contributed by atoms with E-state index in [0.717, 1.165) is 24.2 Å². The van der Waals surface area contributed by atoms with Crippen LogP contribution in [0.1, 0.15) is 46.2 Å². The second-order valence-electron chi connectivity index (χ2n) is 8.17. The Hall–Kier alpha value is -3.13. The van der Waals surface area contributed by atoms with Gasteiger partial charge >= 0.3 is 0 Å². The molecule has 1 aliphatic rings. The standard InChI is InChI=1S/C25H30N6O/c26-14-21-24(25(27)32)30-22(16-29-21)20-10-6-7-18(13-20)15-28-23(17-31-11-4-5-12-31)19-8-2-1-3-9-19/h1-3,6-10,13,16,23,28H,4-5,11-12,14-15,17,26H2,(H2,27,32). The zero-order valence-electron chi connectivity index (χ0n) is 18.2. The Morgan fingerprint density at radius 1 is 1.09 bits per heavy atom. The molecule has 0 aliphatic carbocycles. The van der Waals surface area contributed by atoms with Gasteiger partial charge in [0.25, 0.3) is 5.91 Å². The molecule has 0 saturated carbocycles. The SMILES string of the molecule is NCc1ncc(-c2cccc(CNC(CN3CCCC3)c3ccccc3)c2)nc1C(N)=O. The first-order chi connectivity index (χ1) is 15.6. The number of carbonyl (C=O) groups is 1. The first kappa shape index (κ1) is 22.1. The van der Waals surface area contributed by atoms with Gasteiger partial charge < -0.3 is 21.7 Å². The number of hydrogen-bond acceptors (Lipinski definition) is 6. The second-order valence-corrected chi connectivity index (χ2v) is 8.17. The molecule has 166 valence electrons. The lowest BCUT2D eigenvalue weighted by molar-refractivity contribution is 0.0994. The van der Waals surface area contributed by atoms with Gasteiger partial charge in [0, 0.05) is 31.2 Å². The predicted molar refractivity (Wildman–Crippen MR) is 126 cm³/mol. The van der Waals surface area contributed by atoms with Crippen molar-refractivity contribution in [3.8, 4) is 11.3 Å². The number of rotatable bonds is 9. The van der Waals surface area contributed by atoms with Gasteiger partial charge in [-0.2, -0.15) is 0 Å². The number of carbonyl (C=O) groups excluding carboxylic acids is 1. The van der Waals surface area contributed by atoms with Crippen LogP contribution in [-0.4, -0.2) is 40.4 Å². The fourth-order valence-electron chi connectivity index (χ4n) is 4.18. The second kappa shape index (κ2) is 10.5. The lowest BCUT2D eigenvalue weighted by atomic mass is 10.0. The first-order valence-electron chi connectivity index (χ1n) is 11.1. The largest absolute Gasteiger partial charge is 0.364 e. The Labute approximate surface area is 188 Å². The summed E-state index contributed by atoms with van der Waals surface area (Å²) in [5.74, 6) is -0.620. The van der Waals surface area contributed by atoms with Gasteiger partial charge in [-0.1, -0.05) is 48.5 Å². The maximum atomic E-state index is 11.7. The number of nitrogens with two attached hydrogens (primary N) is 2. The molecule has 1 saturated heterocycles. The summed E-state index contributed by atoms with van der Waals surface area (Å²) in [4.78, 5) is 23.0. The summed E-state index contributed by atoms with van der Waals surface area (Å²) in [6.07, 6.45) is 4.20. The van der Waals surface area contributed by atoms with Crippen molar-refractivity contribution < 1.29 is 4.79 Å². The molecule has 1 amide bonds. The van der Waals surface area contributed by atoms with E-state index in [4.69, 9.17) is 11.5 Å². The molecule has 5 N–H and O–H groups in total. The highest BCUT2D eigenvalue weighted by molar-refractivity contribution is 5.92. The number of benzene rings is 2. The van der Waals surface area contributed by atoms with Crippen LogP contribution >= 0.6 is 0 Å². The van der Waals surface area contributed by atoms with E-state index < -0.39 is 5.91 Å². The summed E-state index contributed by atoms with van der Waals surface area (Å²) in [6, 6.07) is 19.0. The fraction of sp³-hybridized carbons (Fsp3) is 0.320. The van der Waals surface area contributed by atoms with E-state index in [1.54, 1.807) is 6.20 Å². The highest BCUT2D eigenvalue weighted by Gasteiger charge is 2.19. The van der Waals surface area contributed by atoms with E-state index in [-0.39, 0.29) is 18.3 Å². The van der Waals surface area contributed by atoms with Crippen LogP contribution in [0.2, 0.25) is 0 Å². The van der Waals surface area contributed by atoms with E-state index in [2.05, 4.69) is 62.6 Å². The summed E-state index contributed by atoms with van der Waals surface area (Å²) in [7, 11) is 0. The van der Waals surface area contributed by atoms with Gasteiger partial charge in [0.05, 0.1) is 17.6 Å². The first-order valence-corrected chi connectivity index (χ1v) is 11.1. The molecule has 2 aromatic carbocycles. The molecular weight excluding hydrogens is 400 g/mol. The third-order valence-electron chi connectivity index (χ3n) is 5.89. The van der Waals surface area contributed by atoms with E-state index in [1.165, 1.54) is 31.5 Å². The van der Waals surface area contributed by atoms with Crippen LogP contribution in [0.25, 0.3) is 11.3 Å². The maximum absolute atomic E-state index is 11.7. The molecule has 32 heavy (non-hydrogen) atoms. The third-order valence-corrected chi connectivity index (χ3v) is 5.89. The third kappa shape index (κ3) is 5.37. The Balaban J connectivity index is 1.51. The molecule has 7 heteroatoms. The van der Waals surface area contributed by atoms with Crippen LogP contribution < -0.4 is 16.8 Å². The van der Waals surface area contributed by atoms with Crippen molar-refractivity contribution >= 4 is 5.91 Å². The molecule has 2 heterocycles. The number of hydrogen-bond donors (Lipinski definition) is 3. The summed E-state index contributed by atoms with van der Waals surface area (Å²) in [5, 5.41) is 3.74. The lowest BCUT2D eigenvalue weighted by Crippen LogP contribution is -2.33. The fourth-order valence-corrected chi connectivity index (χ4v) is 4.18. The van der Waals surface area contributed by atoms with Crippen molar-refractivity contribution in [3.05, 3.63) is 83.3 Å². The quantitative estimate of drug-likeness (QED) is 0.481. The summed E-state index contributed by atoms with van der Waals surface area (Å²) < 4.78 is 0. The van der Waals surface area contributed by atoms with Crippen molar-refractivity contribution in [2.75, 3.05) is 19.6 Å². The van der Waals surface area contributed by atoms with Crippen molar-refractivity contribution in [2.24, 2.45) is 11.5 Å². The Kier molecular flexibility index (Phi) is 7.21. The van der Waals surface area contributed by atoms with Gasteiger partial charge in [0.15, 0.2) is 5.69 Å². The van der Waals surface area contributed by atoms with Gasteiger partial charge in [0.1, 0.15) is 0 Å². The van der Waals surface area contributed by atoms with Gasteiger partial charge in [-0.15, -0.1) is 0 Å². The van der Waals surface area contributed by atoms with E-state index in [1.807, 2.05) is 12.1 Å². The molecule has 0 bridgehead atoms. The molecule has 0 radical (unpaired) electrons. The smallest absolute Gasteiger partial charge is 0.269 e. The summed E-state index contributed by atoms with van der Waals surface area (Å²) in [6.45, 7) is 4.17. The zero-order valence-corrected chi connectivity index (χ0v) is 18.2. The monoisotopic (exact) mass is 430 g/mol. The number of primary amides is 1. The van der Waals surface area contributed by atoms with Crippen molar-refractivity contribution in [2.45, 2.75) is 32.0 Å². The van der Waals surface area contributed by atoms with Crippen molar-refractivity contribution in [1.29, 1.82) is 0 Å². The van der Waals surface area contributed by atoms with Gasteiger partial charge in [0.2, 0.25) is 0 Å². The van der Waals surface area contributed by atoms with Crippen LogP contribution in [0.5, 0.6) is 0 Å². The summed E-state index contributed by atoms with van der Waals surface area (Å²) >= 11 is 0. The minimum absolute atomic E-state index is 0.118. The van der Waals surface area contributed by atoms with Crippen LogP contribution in [0.4, 0.5) is 0 Å². The Bertz CT molecular complexity index is 1050. The molecular formula is C25H30N6O. The van der Waals surface area contributed by atoms with Crippen LogP contribution in [0, 0.1) is 0 Å².